The van der Waals surface area contributed by atoms with E-state index in [0.717, 1.165) is 22.1 Å². The average Bonchev–Trinajstić information content (AvgIpc) is 2.67. The summed E-state index contributed by atoms with van der Waals surface area (Å²) in [6, 6.07) is 18.1. The number of benzene rings is 3. The zero-order chi connectivity index (χ0) is 18.4. The highest BCUT2D eigenvalue weighted by molar-refractivity contribution is 6.02. The quantitative estimate of drug-likeness (QED) is 0.352. The van der Waals surface area contributed by atoms with Crippen LogP contribution in [-0.2, 0) is 11.4 Å². The predicted octanol–water partition coefficient (Wildman–Crippen LogP) is 4.70. The van der Waals surface area contributed by atoms with E-state index in [1.807, 2.05) is 43.3 Å². The van der Waals surface area contributed by atoms with Gasteiger partial charge < -0.3 is 9.57 Å². The number of hydrogen-bond donors (Lipinski definition) is 0. The Balaban J connectivity index is 1.74. The van der Waals surface area contributed by atoms with Gasteiger partial charge in [-0.25, -0.2) is 0 Å². The molecule has 0 heterocycles. The zero-order valence-corrected chi connectivity index (χ0v) is 14.3. The summed E-state index contributed by atoms with van der Waals surface area (Å²) in [5, 5.41) is 16.8. The van der Waals surface area contributed by atoms with Gasteiger partial charge in [0, 0.05) is 23.1 Å². The van der Waals surface area contributed by atoms with Crippen LogP contribution in [0.15, 0.2) is 65.8 Å². The second-order valence-corrected chi connectivity index (χ2v) is 5.57. The molecule has 0 aromatic heterocycles. The molecule has 6 heteroatoms. The standard InChI is InChI=1S/C20H18N2O4/c1-2-25-20-11-10-16(18-8-3-4-9-19(18)20)13-21-26-14-15-6-5-7-17(12-15)22(23)24/h3-13H,2,14H2,1H3/b21-13-. The lowest BCUT2D eigenvalue weighted by atomic mass is 10.0. The fraction of sp³-hybridized carbons (Fsp3) is 0.150. The van der Waals surface area contributed by atoms with E-state index in [9.17, 15) is 10.1 Å². The van der Waals surface area contributed by atoms with E-state index in [-0.39, 0.29) is 12.3 Å². The molecule has 0 aliphatic rings. The molecule has 0 saturated carbocycles. The number of fused-ring (bicyclic) bond motifs is 1. The van der Waals surface area contributed by atoms with E-state index < -0.39 is 4.92 Å². The maximum absolute atomic E-state index is 10.8. The summed E-state index contributed by atoms with van der Waals surface area (Å²) >= 11 is 0. The summed E-state index contributed by atoms with van der Waals surface area (Å²) in [4.78, 5) is 15.7. The lowest BCUT2D eigenvalue weighted by Gasteiger charge is -2.09. The first-order valence-electron chi connectivity index (χ1n) is 8.22. The van der Waals surface area contributed by atoms with Crippen molar-refractivity contribution in [2.24, 2.45) is 5.16 Å². The molecule has 0 saturated heterocycles. The van der Waals surface area contributed by atoms with Gasteiger partial charge in [-0.1, -0.05) is 41.6 Å². The maximum atomic E-state index is 10.8. The molecule has 132 valence electrons. The molecule has 0 aliphatic heterocycles. The van der Waals surface area contributed by atoms with E-state index in [0.29, 0.717) is 12.2 Å². The largest absolute Gasteiger partial charge is 0.493 e. The summed E-state index contributed by atoms with van der Waals surface area (Å²) in [5.41, 5.74) is 1.63. The third-order valence-electron chi connectivity index (χ3n) is 3.84. The van der Waals surface area contributed by atoms with Crippen LogP contribution in [0.5, 0.6) is 5.75 Å². The highest BCUT2D eigenvalue weighted by Gasteiger charge is 2.06. The highest BCUT2D eigenvalue weighted by Crippen LogP contribution is 2.27. The van der Waals surface area contributed by atoms with Crippen LogP contribution in [0.1, 0.15) is 18.1 Å². The molecule has 0 radical (unpaired) electrons. The van der Waals surface area contributed by atoms with Gasteiger partial charge in [0.05, 0.1) is 17.7 Å². The van der Waals surface area contributed by atoms with Crippen molar-refractivity contribution in [3.05, 3.63) is 81.9 Å². The van der Waals surface area contributed by atoms with Crippen molar-refractivity contribution in [2.75, 3.05) is 6.61 Å². The van der Waals surface area contributed by atoms with Gasteiger partial charge in [0.15, 0.2) is 0 Å². The van der Waals surface area contributed by atoms with Crippen molar-refractivity contribution in [1.82, 2.24) is 0 Å². The van der Waals surface area contributed by atoms with Gasteiger partial charge in [0.25, 0.3) is 5.69 Å². The highest BCUT2D eigenvalue weighted by atomic mass is 16.6. The number of nitro benzene ring substituents is 1. The lowest BCUT2D eigenvalue weighted by molar-refractivity contribution is -0.384. The van der Waals surface area contributed by atoms with Crippen molar-refractivity contribution < 1.29 is 14.5 Å². The van der Waals surface area contributed by atoms with E-state index in [4.69, 9.17) is 9.57 Å². The van der Waals surface area contributed by atoms with Gasteiger partial charge >= 0.3 is 0 Å². The van der Waals surface area contributed by atoms with Crippen molar-refractivity contribution in [1.29, 1.82) is 0 Å². The molecule has 0 atom stereocenters. The maximum Gasteiger partial charge on any atom is 0.269 e. The second kappa shape index (κ2) is 8.11. The number of nitrogens with zero attached hydrogens (tertiary/aromatic N) is 2. The smallest absolute Gasteiger partial charge is 0.269 e. The van der Waals surface area contributed by atoms with E-state index in [1.165, 1.54) is 12.1 Å². The normalized spacial score (nSPS) is 11.0. The molecular weight excluding hydrogens is 332 g/mol. The zero-order valence-electron chi connectivity index (χ0n) is 14.3. The third kappa shape index (κ3) is 3.97. The van der Waals surface area contributed by atoms with Crippen LogP contribution in [-0.4, -0.2) is 17.7 Å². The number of ether oxygens (including phenoxy) is 1. The van der Waals surface area contributed by atoms with Gasteiger partial charge in [-0.2, -0.15) is 0 Å². The van der Waals surface area contributed by atoms with E-state index in [1.54, 1.807) is 18.3 Å². The topological polar surface area (TPSA) is 74.0 Å². The van der Waals surface area contributed by atoms with Crippen molar-refractivity contribution in [3.63, 3.8) is 0 Å². The Labute approximate surface area is 150 Å². The van der Waals surface area contributed by atoms with Crippen LogP contribution in [0.3, 0.4) is 0 Å². The molecule has 26 heavy (non-hydrogen) atoms. The summed E-state index contributed by atoms with van der Waals surface area (Å²) in [7, 11) is 0. The number of non-ortho nitro benzene ring substituents is 1. The summed E-state index contributed by atoms with van der Waals surface area (Å²) < 4.78 is 5.66. The monoisotopic (exact) mass is 350 g/mol. The predicted molar refractivity (Wildman–Crippen MR) is 101 cm³/mol. The molecule has 3 aromatic carbocycles. The first-order valence-corrected chi connectivity index (χ1v) is 8.22. The van der Waals surface area contributed by atoms with Crippen molar-refractivity contribution in [3.8, 4) is 5.75 Å². The first kappa shape index (κ1) is 17.4. The summed E-state index contributed by atoms with van der Waals surface area (Å²) in [5.74, 6) is 0.831. The Morgan fingerprint density at radius 2 is 1.88 bits per heavy atom. The van der Waals surface area contributed by atoms with E-state index in [2.05, 4.69) is 5.16 Å². The number of nitro groups is 1. The molecule has 3 rings (SSSR count). The van der Waals surface area contributed by atoms with Crippen LogP contribution < -0.4 is 4.74 Å². The molecule has 0 bridgehead atoms. The van der Waals surface area contributed by atoms with Gasteiger partial charge in [-0.3, -0.25) is 10.1 Å². The SMILES string of the molecule is CCOc1ccc(/C=N\OCc2cccc([N+](=O)[O-])c2)c2ccccc12. The third-order valence-corrected chi connectivity index (χ3v) is 3.84. The minimum atomic E-state index is -0.432. The minimum absolute atomic E-state index is 0.0348. The van der Waals surface area contributed by atoms with Gasteiger partial charge in [-0.15, -0.1) is 0 Å². The molecular formula is C20H18N2O4. The van der Waals surface area contributed by atoms with Crippen LogP contribution in [0, 0.1) is 10.1 Å². The van der Waals surface area contributed by atoms with Gasteiger partial charge in [0.1, 0.15) is 12.4 Å². The summed E-state index contributed by atoms with van der Waals surface area (Å²) in [6.45, 7) is 2.71. The van der Waals surface area contributed by atoms with Crippen molar-refractivity contribution in [2.45, 2.75) is 13.5 Å². The Morgan fingerprint density at radius 3 is 2.65 bits per heavy atom. The molecule has 0 N–H and O–H groups in total. The Morgan fingerprint density at radius 1 is 1.08 bits per heavy atom. The first-order chi connectivity index (χ1) is 12.7. The number of rotatable bonds is 7. The van der Waals surface area contributed by atoms with Crippen molar-refractivity contribution >= 4 is 22.7 Å². The molecule has 3 aromatic rings. The Kier molecular flexibility index (Phi) is 5.43. The molecule has 0 fully saturated rings. The van der Waals surface area contributed by atoms with Crippen LogP contribution >= 0.6 is 0 Å². The fourth-order valence-corrected chi connectivity index (χ4v) is 2.65. The minimum Gasteiger partial charge on any atom is -0.493 e. The average molecular weight is 350 g/mol. The van der Waals surface area contributed by atoms with Crippen LogP contribution in [0.4, 0.5) is 5.69 Å². The number of oxime groups is 1. The molecule has 0 spiro atoms. The molecule has 0 aliphatic carbocycles. The lowest BCUT2D eigenvalue weighted by Crippen LogP contribution is -1.95. The summed E-state index contributed by atoms with van der Waals surface area (Å²) in [6.07, 6.45) is 1.63. The van der Waals surface area contributed by atoms with Crippen LogP contribution in [0.25, 0.3) is 10.8 Å². The Bertz CT molecular complexity index is 953. The second-order valence-electron chi connectivity index (χ2n) is 5.57. The molecule has 0 amide bonds. The van der Waals surface area contributed by atoms with Crippen LogP contribution in [0.2, 0.25) is 0 Å². The molecule has 6 nitrogen and oxygen atoms in total. The number of hydrogen-bond acceptors (Lipinski definition) is 5. The van der Waals surface area contributed by atoms with E-state index >= 15 is 0 Å². The fourth-order valence-electron chi connectivity index (χ4n) is 2.65. The van der Waals surface area contributed by atoms with Gasteiger partial charge in [0.2, 0.25) is 0 Å². The Hall–Kier alpha value is -3.41. The molecule has 0 unspecified atom stereocenters. The van der Waals surface area contributed by atoms with Gasteiger partial charge in [-0.05, 0) is 30.0 Å².